The van der Waals surface area contributed by atoms with Crippen LogP contribution in [0.5, 0.6) is 5.75 Å². The number of nitrogens with one attached hydrogen (secondary N) is 1. The third-order valence-electron chi connectivity index (χ3n) is 3.47. The summed E-state index contributed by atoms with van der Waals surface area (Å²) in [5.74, 6) is -0.729. The Hall–Kier alpha value is -3.16. The highest BCUT2D eigenvalue weighted by Gasteiger charge is 2.21. The quantitative estimate of drug-likeness (QED) is 0.733. The van der Waals surface area contributed by atoms with Crippen LogP contribution in [-0.4, -0.2) is 48.2 Å². The van der Waals surface area contributed by atoms with Gasteiger partial charge < -0.3 is 19.2 Å². The molecule has 8 heteroatoms. The molecule has 0 aliphatic heterocycles. The number of methoxy groups -OCH3 is 3. The first-order chi connectivity index (χ1) is 11.1. The molecule has 0 aliphatic rings. The maximum atomic E-state index is 12.1. The minimum absolute atomic E-state index is 0.112. The second-order valence-corrected chi connectivity index (χ2v) is 4.65. The Bertz CT molecular complexity index is 932. The minimum atomic E-state index is -0.607. The standard InChI is InChI=1S/C15H13N3O5/c1-21-10-5-8-11(13-12(10)16-6-17-13)7(14(19)22-2)4-9(18-8)15(20)23-3/h4-6,18H,1-3H3. The number of fused-ring (bicyclic) bond motifs is 3. The maximum absolute atomic E-state index is 12.1. The van der Waals surface area contributed by atoms with Gasteiger partial charge in [0, 0.05) is 11.5 Å². The summed E-state index contributed by atoms with van der Waals surface area (Å²) in [6.07, 6.45) is 1.38. The molecule has 0 saturated heterocycles. The third-order valence-corrected chi connectivity index (χ3v) is 3.47. The number of carbonyl (C=O) groups is 2. The molecule has 0 fully saturated rings. The van der Waals surface area contributed by atoms with E-state index < -0.39 is 11.9 Å². The summed E-state index contributed by atoms with van der Waals surface area (Å²) in [7, 11) is 4.02. The van der Waals surface area contributed by atoms with Crippen LogP contribution < -0.4 is 4.74 Å². The Morgan fingerprint density at radius 3 is 2.35 bits per heavy atom. The van der Waals surface area contributed by atoms with Gasteiger partial charge in [-0.1, -0.05) is 0 Å². The molecule has 3 rings (SSSR count). The normalized spacial score (nSPS) is 10.7. The van der Waals surface area contributed by atoms with E-state index in [-0.39, 0.29) is 11.3 Å². The van der Waals surface area contributed by atoms with Crippen molar-refractivity contribution in [3.63, 3.8) is 0 Å². The van der Waals surface area contributed by atoms with Crippen LogP contribution in [0.3, 0.4) is 0 Å². The van der Waals surface area contributed by atoms with Crippen molar-refractivity contribution in [3.8, 4) is 5.75 Å². The lowest BCUT2D eigenvalue weighted by Gasteiger charge is -2.11. The summed E-state index contributed by atoms with van der Waals surface area (Å²) in [4.78, 5) is 35.2. The van der Waals surface area contributed by atoms with Crippen LogP contribution in [0.1, 0.15) is 20.8 Å². The Morgan fingerprint density at radius 2 is 1.70 bits per heavy atom. The molecule has 1 N–H and O–H groups in total. The highest BCUT2D eigenvalue weighted by atomic mass is 16.5. The lowest BCUT2D eigenvalue weighted by atomic mass is 10.1. The molecule has 3 aromatic rings. The van der Waals surface area contributed by atoms with Crippen molar-refractivity contribution in [2.45, 2.75) is 0 Å². The number of hydrogen-bond donors (Lipinski definition) is 1. The number of carbonyl (C=O) groups excluding carboxylic acids is 2. The molecule has 23 heavy (non-hydrogen) atoms. The smallest absolute Gasteiger partial charge is 0.354 e. The Labute approximate surface area is 130 Å². The summed E-state index contributed by atoms with van der Waals surface area (Å²) in [5, 5.41) is 0.498. The van der Waals surface area contributed by atoms with E-state index in [0.29, 0.717) is 27.7 Å². The highest BCUT2D eigenvalue weighted by Crippen LogP contribution is 2.33. The molecule has 0 spiro atoms. The largest absolute Gasteiger partial charge is 0.494 e. The monoisotopic (exact) mass is 315 g/mol. The van der Waals surface area contributed by atoms with Gasteiger partial charge in [0.25, 0.3) is 0 Å². The highest BCUT2D eigenvalue weighted by molar-refractivity contribution is 6.16. The molecule has 1 aromatic carbocycles. The predicted molar refractivity (Wildman–Crippen MR) is 80.6 cm³/mol. The average Bonchev–Trinajstić information content (AvgIpc) is 3.08. The topological polar surface area (TPSA) is 103 Å². The Kier molecular flexibility index (Phi) is 3.57. The fourth-order valence-corrected chi connectivity index (χ4v) is 2.44. The number of nitrogens with zero attached hydrogens (tertiary/aromatic N) is 2. The molecule has 2 heterocycles. The molecule has 118 valence electrons. The molecule has 0 atom stereocenters. The number of aromatic nitrogens is 3. The third kappa shape index (κ3) is 2.24. The molecule has 8 nitrogen and oxygen atoms in total. The first-order valence-electron chi connectivity index (χ1n) is 6.61. The molecule has 0 bridgehead atoms. The van der Waals surface area contributed by atoms with Crippen LogP contribution in [0.15, 0.2) is 18.5 Å². The minimum Gasteiger partial charge on any atom is -0.494 e. The van der Waals surface area contributed by atoms with Gasteiger partial charge in [-0.15, -0.1) is 0 Å². The fraction of sp³-hybridized carbons (Fsp3) is 0.200. The Balaban J connectivity index is 2.47. The van der Waals surface area contributed by atoms with Crippen molar-refractivity contribution in [1.29, 1.82) is 0 Å². The van der Waals surface area contributed by atoms with Gasteiger partial charge in [0.2, 0.25) is 0 Å². The summed E-state index contributed by atoms with van der Waals surface area (Å²) in [5.41, 5.74) is 1.78. The van der Waals surface area contributed by atoms with Crippen molar-refractivity contribution >= 4 is 33.9 Å². The zero-order valence-electron chi connectivity index (χ0n) is 12.7. The van der Waals surface area contributed by atoms with Gasteiger partial charge in [0.1, 0.15) is 28.8 Å². The van der Waals surface area contributed by atoms with Gasteiger partial charge in [-0.25, -0.2) is 19.6 Å². The molecule has 2 aromatic heterocycles. The number of pyridine rings is 1. The number of benzene rings is 1. The first-order valence-corrected chi connectivity index (χ1v) is 6.61. The number of esters is 2. The number of H-pyrrole nitrogens is 1. The lowest BCUT2D eigenvalue weighted by Crippen LogP contribution is -2.10. The van der Waals surface area contributed by atoms with Crippen LogP contribution in [0.2, 0.25) is 0 Å². The number of rotatable bonds is 3. The van der Waals surface area contributed by atoms with E-state index >= 15 is 0 Å². The van der Waals surface area contributed by atoms with Crippen molar-refractivity contribution in [3.05, 3.63) is 29.7 Å². The zero-order chi connectivity index (χ0) is 16.6. The van der Waals surface area contributed by atoms with Crippen molar-refractivity contribution in [2.75, 3.05) is 21.3 Å². The second kappa shape index (κ2) is 5.56. The molecule has 0 aliphatic carbocycles. The number of hydrogen-bond acceptors (Lipinski definition) is 7. The molecule has 0 saturated carbocycles. The van der Waals surface area contributed by atoms with E-state index in [0.717, 1.165) is 0 Å². The predicted octanol–water partition coefficient (Wildman–Crippen LogP) is 1.69. The molecular formula is C15H13N3O5. The number of imidazole rings is 1. The van der Waals surface area contributed by atoms with Gasteiger partial charge >= 0.3 is 11.9 Å². The van der Waals surface area contributed by atoms with E-state index in [9.17, 15) is 9.59 Å². The summed E-state index contributed by atoms with van der Waals surface area (Å²) in [6, 6.07) is 3.02. The van der Waals surface area contributed by atoms with Crippen LogP contribution in [0, 0.1) is 0 Å². The average molecular weight is 315 g/mol. The van der Waals surface area contributed by atoms with Crippen LogP contribution in [0.4, 0.5) is 0 Å². The van der Waals surface area contributed by atoms with E-state index in [1.165, 1.54) is 33.7 Å². The summed E-state index contributed by atoms with van der Waals surface area (Å²) in [6.45, 7) is 0. The second-order valence-electron chi connectivity index (χ2n) is 4.65. The van der Waals surface area contributed by atoms with Gasteiger partial charge in [-0.3, -0.25) is 0 Å². The summed E-state index contributed by atoms with van der Waals surface area (Å²) >= 11 is 0. The van der Waals surface area contributed by atoms with Crippen molar-refractivity contribution < 1.29 is 23.8 Å². The SMILES string of the molecule is COC(=O)c1cc(C(=O)OC)c2c(cc(OC)c3ncnc32)[nH]1. The first kappa shape index (κ1) is 14.8. The molecule has 0 amide bonds. The van der Waals surface area contributed by atoms with E-state index in [4.69, 9.17) is 14.2 Å². The maximum Gasteiger partial charge on any atom is 0.354 e. The Morgan fingerprint density at radius 1 is 1.00 bits per heavy atom. The number of ether oxygens (including phenoxy) is 3. The number of aromatic amines is 1. The van der Waals surface area contributed by atoms with Crippen LogP contribution >= 0.6 is 0 Å². The van der Waals surface area contributed by atoms with Gasteiger partial charge in [-0.2, -0.15) is 0 Å². The van der Waals surface area contributed by atoms with E-state index in [1.807, 2.05) is 0 Å². The molecule has 0 unspecified atom stereocenters. The van der Waals surface area contributed by atoms with Crippen LogP contribution in [-0.2, 0) is 9.47 Å². The molecule has 0 radical (unpaired) electrons. The van der Waals surface area contributed by atoms with Gasteiger partial charge in [0.15, 0.2) is 0 Å². The van der Waals surface area contributed by atoms with Gasteiger partial charge in [-0.05, 0) is 6.07 Å². The van der Waals surface area contributed by atoms with Crippen molar-refractivity contribution in [2.24, 2.45) is 0 Å². The lowest BCUT2D eigenvalue weighted by molar-refractivity contribution is 0.0594. The van der Waals surface area contributed by atoms with Crippen LogP contribution in [0.25, 0.3) is 21.9 Å². The molecular weight excluding hydrogens is 302 g/mol. The fourth-order valence-electron chi connectivity index (χ4n) is 2.44. The zero-order valence-corrected chi connectivity index (χ0v) is 12.7. The van der Waals surface area contributed by atoms with E-state index in [2.05, 4.69) is 15.0 Å². The van der Waals surface area contributed by atoms with Crippen molar-refractivity contribution in [1.82, 2.24) is 15.0 Å². The van der Waals surface area contributed by atoms with E-state index in [1.54, 1.807) is 6.07 Å². The summed E-state index contributed by atoms with van der Waals surface area (Å²) < 4.78 is 14.8. The van der Waals surface area contributed by atoms with Gasteiger partial charge in [0.05, 0.1) is 32.4 Å².